The smallest absolute Gasteiger partial charge is 0.329 e. The Morgan fingerprint density at radius 1 is 1.26 bits per heavy atom. The minimum atomic E-state index is -1.16. The third kappa shape index (κ3) is 3.15. The van der Waals surface area contributed by atoms with Crippen molar-refractivity contribution >= 4 is 17.9 Å². The molecule has 0 aliphatic heterocycles. The largest absolute Gasteiger partial charge is 0.480 e. The minimum Gasteiger partial charge on any atom is -0.480 e. The molecule has 0 bridgehead atoms. The number of aliphatic carboxylic acids is 1. The lowest BCUT2D eigenvalue weighted by molar-refractivity contribution is -0.148. The van der Waals surface area contributed by atoms with Gasteiger partial charge in [-0.05, 0) is 39.0 Å². The average molecular weight is 269 g/mol. The fourth-order valence-corrected chi connectivity index (χ4v) is 1.99. The second kappa shape index (κ2) is 5.07. The summed E-state index contributed by atoms with van der Waals surface area (Å²) in [5.74, 6) is -1.26. The molecule has 7 heteroatoms. The summed E-state index contributed by atoms with van der Waals surface area (Å²) in [6.07, 6.45) is 3.60. The Balaban J connectivity index is 1.79. The summed E-state index contributed by atoms with van der Waals surface area (Å²) in [4.78, 5) is 34.4. The maximum Gasteiger partial charge on any atom is 0.329 e. The second-order valence-electron chi connectivity index (χ2n) is 5.34. The molecule has 3 amide bonds. The predicted octanol–water partition coefficient (Wildman–Crippen LogP) is -0.0400. The first kappa shape index (κ1) is 13.6. The van der Waals surface area contributed by atoms with Crippen LogP contribution in [0.15, 0.2) is 0 Å². The van der Waals surface area contributed by atoms with Crippen LogP contribution < -0.4 is 16.0 Å². The van der Waals surface area contributed by atoms with E-state index < -0.39 is 23.6 Å². The standard InChI is InChI=1S/C12H19N3O4/c1-7(9(16)14-8-3-4-8)13-11(19)15-12(10(17)18)5-2-6-12/h7-8H,2-6H2,1H3,(H,14,16)(H,17,18)(H2,13,15,19). The lowest BCUT2D eigenvalue weighted by Crippen LogP contribution is -2.62. The molecule has 0 aromatic rings. The van der Waals surface area contributed by atoms with E-state index in [1.165, 1.54) is 0 Å². The Labute approximate surface area is 111 Å². The van der Waals surface area contributed by atoms with Crippen LogP contribution in [0, 0.1) is 0 Å². The van der Waals surface area contributed by atoms with Crippen molar-refractivity contribution in [3.05, 3.63) is 0 Å². The van der Waals surface area contributed by atoms with Crippen LogP contribution in [0.2, 0.25) is 0 Å². The molecule has 0 heterocycles. The molecular weight excluding hydrogens is 250 g/mol. The Hall–Kier alpha value is -1.79. The highest BCUT2D eigenvalue weighted by atomic mass is 16.4. The van der Waals surface area contributed by atoms with Gasteiger partial charge in [0.2, 0.25) is 5.91 Å². The van der Waals surface area contributed by atoms with E-state index in [0.717, 1.165) is 19.3 Å². The monoisotopic (exact) mass is 269 g/mol. The summed E-state index contributed by atoms with van der Waals surface area (Å²) in [6, 6.07) is -1.05. The number of urea groups is 1. The van der Waals surface area contributed by atoms with Gasteiger partial charge in [0.15, 0.2) is 0 Å². The van der Waals surface area contributed by atoms with Gasteiger partial charge in [-0.1, -0.05) is 0 Å². The van der Waals surface area contributed by atoms with Gasteiger partial charge in [0.25, 0.3) is 0 Å². The van der Waals surface area contributed by atoms with E-state index in [1.54, 1.807) is 6.92 Å². The van der Waals surface area contributed by atoms with E-state index in [9.17, 15) is 14.4 Å². The van der Waals surface area contributed by atoms with Crippen LogP contribution in [-0.4, -0.2) is 40.6 Å². The Bertz CT molecular complexity index is 402. The van der Waals surface area contributed by atoms with Gasteiger partial charge >= 0.3 is 12.0 Å². The van der Waals surface area contributed by atoms with Crippen molar-refractivity contribution in [3.63, 3.8) is 0 Å². The van der Waals surface area contributed by atoms with E-state index in [4.69, 9.17) is 5.11 Å². The summed E-state index contributed by atoms with van der Waals surface area (Å²) in [7, 11) is 0. The van der Waals surface area contributed by atoms with Crippen LogP contribution in [0.5, 0.6) is 0 Å². The Morgan fingerprint density at radius 3 is 2.32 bits per heavy atom. The van der Waals surface area contributed by atoms with Crippen molar-refractivity contribution in [1.82, 2.24) is 16.0 Å². The van der Waals surface area contributed by atoms with E-state index in [0.29, 0.717) is 12.8 Å². The number of carbonyl (C=O) groups is 3. The van der Waals surface area contributed by atoms with Crippen molar-refractivity contribution in [2.75, 3.05) is 0 Å². The number of rotatable bonds is 5. The summed E-state index contributed by atoms with van der Waals surface area (Å²) in [6.45, 7) is 1.57. The third-order valence-corrected chi connectivity index (χ3v) is 3.63. The Kier molecular flexibility index (Phi) is 3.64. The lowest BCUT2D eigenvalue weighted by atomic mass is 9.77. The predicted molar refractivity (Wildman–Crippen MR) is 66.5 cm³/mol. The van der Waals surface area contributed by atoms with E-state index in [1.807, 2.05) is 0 Å². The van der Waals surface area contributed by atoms with E-state index in [2.05, 4.69) is 16.0 Å². The lowest BCUT2D eigenvalue weighted by Gasteiger charge is -2.38. The zero-order chi connectivity index (χ0) is 14.0. The normalized spacial score (nSPS) is 21.7. The highest BCUT2D eigenvalue weighted by Gasteiger charge is 2.45. The molecule has 0 saturated heterocycles. The van der Waals surface area contributed by atoms with E-state index >= 15 is 0 Å². The van der Waals surface area contributed by atoms with Crippen LogP contribution >= 0.6 is 0 Å². The van der Waals surface area contributed by atoms with Crippen molar-refractivity contribution in [2.45, 2.75) is 56.7 Å². The maximum absolute atomic E-state index is 11.7. The maximum atomic E-state index is 11.7. The van der Waals surface area contributed by atoms with Gasteiger partial charge < -0.3 is 21.1 Å². The summed E-state index contributed by atoms with van der Waals surface area (Å²) >= 11 is 0. The number of carboxylic acids is 1. The van der Waals surface area contributed by atoms with Gasteiger partial charge in [-0.3, -0.25) is 4.79 Å². The quantitative estimate of drug-likeness (QED) is 0.561. The molecule has 1 unspecified atom stereocenters. The van der Waals surface area contributed by atoms with Gasteiger partial charge in [-0.2, -0.15) is 0 Å². The Morgan fingerprint density at radius 2 is 1.89 bits per heavy atom. The third-order valence-electron chi connectivity index (χ3n) is 3.63. The molecule has 1 atom stereocenters. The molecule has 0 radical (unpaired) electrons. The van der Waals surface area contributed by atoms with E-state index in [-0.39, 0.29) is 11.9 Å². The van der Waals surface area contributed by atoms with Gasteiger partial charge in [0.05, 0.1) is 0 Å². The molecule has 4 N–H and O–H groups in total. The fraction of sp³-hybridized carbons (Fsp3) is 0.750. The first-order valence-corrected chi connectivity index (χ1v) is 6.55. The minimum absolute atomic E-state index is 0.233. The highest BCUT2D eigenvalue weighted by molar-refractivity contribution is 5.90. The van der Waals surface area contributed by atoms with Crippen LogP contribution in [0.1, 0.15) is 39.0 Å². The number of nitrogens with one attached hydrogen (secondary N) is 3. The number of amides is 3. The first-order valence-electron chi connectivity index (χ1n) is 6.55. The van der Waals surface area contributed by atoms with Crippen molar-refractivity contribution in [1.29, 1.82) is 0 Å². The molecule has 0 aromatic carbocycles. The molecule has 0 aromatic heterocycles. The highest BCUT2D eigenvalue weighted by Crippen LogP contribution is 2.31. The van der Waals surface area contributed by atoms with Crippen molar-refractivity contribution in [2.24, 2.45) is 0 Å². The topological polar surface area (TPSA) is 108 Å². The fourth-order valence-electron chi connectivity index (χ4n) is 1.99. The average Bonchev–Trinajstić information content (AvgIpc) is 3.06. The summed E-state index contributed by atoms with van der Waals surface area (Å²) < 4.78 is 0. The second-order valence-corrected chi connectivity index (χ2v) is 5.34. The number of hydrogen-bond donors (Lipinski definition) is 4. The zero-order valence-corrected chi connectivity index (χ0v) is 10.9. The molecule has 2 saturated carbocycles. The number of carboxylic acid groups (broad SMARTS) is 1. The van der Waals surface area contributed by atoms with Crippen molar-refractivity contribution < 1.29 is 19.5 Å². The van der Waals surface area contributed by atoms with Crippen LogP contribution in [-0.2, 0) is 9.59 Å². The molecule has 2 aliphatic carbocycles. The first-order chi connectivity index (χ1) is 8.93. The zero-order valence-electron chi connectivity index (χ0n) is 10.9. The van der Waals surface area contributed by atoms with Crippen LogP contribution in [0.3, 0.4) is 0 Å². The van der Waals surface area contributed by atoms with Gasteiger partial charge in [-0.15, -0.1) is 0 Å². The summed E-state index contributed by atoms with van der Waals surface area (Å²) in [5, 5.41) is 16.8. The van der Waals surface area contributed by atoms with Gasteiger partial charge in [0.1, 0.15) is 11.6 Å². The summed E-state index contributed by atoms with van der Waals surface area (Å²) in [5.41, 5.74) is -1.16. The molecule has 106 valence electrons. The molecule has 2 aliphatic rings. The molecule has 7 nitrogen and oxygen atoms in total. The molecule has 2 fully saturated rings. The van der Waals surface area contributed by atoms with Crippen LogP contribution in [0.25, 0.3) is 0 Å². The molecule has 2 rings (SSSR count). The van der Waals surface area contributed by atoms with Gasteiger partial charge in [0, 0.05) is 6.04 Å². The van der Waals surface area contributed by atoms with Crippen molar-refractivity contribution in [3.8, 4) is 0 Å². The molecular formula is C12H19N3O4. The van der Waals surface area contributed by atoms with Crippen LogP contribution in [0.4, 0.5) is 4.79 Å². The SMILES string of the molecule is CC(NC(=O)NC1(C(=O)O)CCC1)C(=O)NC1CC1. The molecule has 0 spiro atoms. The number of carbonyl (C=O) groups excluding carboxylic acids is 2. The molecule has 19 heavy (non-hydrogen) atoms. The van der Waals surface area contributed by atoms with Gasteiger partial charge in [-0.25, -0.2) is 9.59 Å². The number of hydrogen-bond acceptors (Lipinski definition) is 3.